The molecule has 0 aliphatic rings. The maximum atomic E-state index is 12.3. The Morgan fingerprint density at radius 3 is 2.13 bits per heavy atom. The van der Waals surface area contributed by atoms with Gasteiger partial charge in [0.15, 0.2) is 13.2 Å². The van der Waals surface area contributed by atoms with Gasteiger partial charge in [-0.05, 0) is 47.7 Å². The van der Waals surface area contributed by atoms with Crippen LogP contribution in [0.5, 0.6) is 5.75 Å². The second-order valence-electron chi connectivity index (χ2n) is 7.24. The van der Waals surface area contributed by atoms with Crippen molar-refractivity contribution in [3.05, 3.63) is 65.2 Å². The second kappa shape index (κ2) is 11.0. The SMILES string of the molecule is CCc1ccc([C@H](NC(=O)COC(=O)c2ccc(OCC(N)=O)cc2)C(C)C)cc1. The van der Waals surface area contributed by atoms with Crippen LogP contribution < -0.4 is 15.8 Å². The molecule has 0 unspecified atom stereocenters. The summed E-state index contributed by atoms with van der Waals surface area (Å²) in [5.41, 5.74) is 7.52. The van der Waals surface area contributed by atoms with Gasteiger partial charge < -0.3 is 20.5 Å². The van der Waals surface area contributed by atoms with Gasteiger partial charge in [-0.1, -0.05) is 45.0 Å². The summed E-state index contributed by atoms with van der Waals surface area (Å²) < 4.78 is 10.2. The summed E-state index contributed by atoms with van der Waals surface area (Å²) in [5.74, 6) is -1.02. The number of amides is 2. The fourth-order valence-corrected chi connectivity index (χ4v) is 2.87. The summed E-state index contributed by atoms with van der Waals surface area (Å²) in [6.45, 7) is 5.50. The molecule has 0 saturated heterocycles. The first kappa shape index (κ1) is 22.9. The third-order valence-electron chi connectivity index (χ3n) is 4.54. The zero-order chi connectivity index (χ0) is 22.1. The van der Waals surface area contributed by atoms with Crippen LogP contribution >= 0.6 is 0 Å². The molecular weight excluding hydrogens is 384 g/mol. The minimum atomic E-state index is -0.625. The number of carbonyl (C=O) groups is 3. The van der Waals surface area contributed by atoms with E-state index >= 15 is 0 Å². The van der Waals surface area contributed by atoms with E-state index in [1.807, 2.05) is 38.1 Å². The van der Waals surface area contributed by atoms with Crippen LogP contribution in [-0.2, 0) is 20.7 Å². The van der Waals surface area contributed by atoms with Crippen molar-refractivity contribution in [2.75, 3.05) is 13.2 Å². The topological polar surface area (TPSA) is 108 Å². The largest absolute Gasteiger partial charge is 0.484 e. The number of carbonyl (C=O) groups excluding carboxylic acids is 3. The molecule has 0 bridgehead atoms. The number of rotatable bonds is 10. The lowest BCUT2D eigenvalue weighted by Crippen LogP contribution is -2.35. The molecule has 7 nitrogen and oxygen atoms in total. The number of nitrogens with two attached hydrogens (primary N) is 1. The summed E-state index contributed by atoms with van der Waals surface area (Å²) in [5, 5.41) is 2.93. The molecule has 160 valence electrons. The number of hydrogen-bond donors (Lipinski definition) is 2. The number of ether oxygens (including phenoxy) is 2. The van der Waals surface area contributed by atoms with Gasteiger partial charge in [0.2, 0.25) is 0 Å². The highest BCUT2D eigenvalue weighted by atomic mass is 16.5. The summed E-state index contributed by atoms with van der Waals surface area (Å²) in [7, 11) is 0. The second-order valence-corrected chi connectivity index (χ2v) is 7.24. The van der Waals surface area contributed by atoms with Gasteiger partial charge in [0, 0.05) is 0 Å². The van der Waals surface area contributed by atoms with E-state index in [-0.39, 0.29) is 36.6 Å². The maximum Gasteiger partial charge on any atom is 0.338 e. The van der Waals surface area contributed by atoms with Crippen molar-refractivity contribution in [3.8, 4) is 5.75 Å². The van der Waals surface area contributed by atoms with Crippen LogP contribution in [0.25, 0.3) is 0 Å². The molecule has 0 radical (unpaired) electrons. The Morgan fingerprint density at radius 2 is 1.60 bits per heavy atom. The van der Waals surface area contributed by atoms with Gasteiger partial charge in [-0.25, -0.2) is 4.79 Å². The van der Waals surface area contributed by atoms with Crippen molar-refractivity contribution in [2.45, 2.75) is 33.2 Å². The van der Waals surface area contributed by atoms with Gasteiger partial charge in [-0.3, -0.25) is 9.59 Å². The number of esters is 1. The van der Waals surface area contributed by atoms with Crippen molar-refractivity contribution >= 4 is 17.8 Å². The predicted octanol–water partition coefficient (Wildman–Crippen LogP) is 2.78. The molecule has 2 aromatic rings. The molecule has 7 heteroatoms. The molecule has 2 rings (SSSR count). The zero-order valence-electron chi connectivity index (χ0n) is 17.5. The first-order valence-electron chi connectivity index (χ1n) is 9.86. The fraction of sp³-hybridized carbons (Fsp3) is 0.348. The number of aryl methyl sites for hydroxylation is 1. The molecule has 2 amide bonds. The van der Waals surface area contributed by atoms with Crippen LogP contribution in [0.1, 0.15) is 48.3 Å². The Morgan fingerprint density at radius 1 is 0.967 bits per heavy atom. The Labute approximate surface area is 176 Å². The van der Waals surface area contributed by atoms with Crippen LogP contribution in [0, 0.1) is 5.92 Å². The molecule has 0 heterocycles. The van der Waals surface area contributed by atoms with Gasteiger partial charge >= 0.3 is 5.97 Å². The normalized spacial score (nSPS) is 11.6. The molecular formula is C23H28N2O5. The lowest BCUT2D eigenvalue weighted by Gasteiger charge is -2.23. The smallest absolute Gasteiger partial charge is 0.338 e. The molecule has 0 saturated carbocycles. The summed E-state index contributed by atoms with van der Waals surface area (Å²) in [6, 6.07) is 14.0. The van der Waals surface area contributed by atoms with Crippen LogP contribution in [0.15, 0.2) is 48.5 Å². The van der Waals surface area contributed by atoms with Crippen molar-refractivity contribution in [1.82, 2.24) is 5.32 Å². The van der Waals surface area contributed by atoms with E-state index in [0.717, 1.165) is 12.0 Å². The van der Waals surface area contributed by atoms with Crippen molar-refractivity contribution in [1.29, 1.82) is 0 Å². The van der Waals surface area contributed by atoms with E-state index in [1.165, 1.54) is 29.8 Å². The van der Waals surface area contributed by atoms with E-state index in [0.29, 0.717) is 5.75 Å². The van der Waals surface area contributed by atoms with Crippen LogP contribution in [0.2, 0.25) is 0 Å². The van der Waals surface area contributed by atoms with Crippen LogP contribution in [0.4, 0.5) is 0 Å². The highest BCUT2D eigenvalue weighted by molar-refractivity contribution is 5.91. The highest BCUT2D eigenvalue weighted by Crippen LogP contribution is 2.22. The quantitative estimate of drug-likeness (QED) is 0.584. The van der Waals surface area contributed by atoms with E-state index in [1.54, 1.807) is 0 Å². The van der Waals surface area contributed by atoms with Crippen molar-refractivity contribution in [2.24, 2.45) is 11.7 Å². The van der Waals surface area contributed by atoms with Gasteiger partial charge in [0.25, 0.3) is 11.8 Å². The van der Waals surface area contributed by atoms with E-state index < -0.39 is 11.9 Å². The Balaban J connectivity index is 1.90. The Bertz CT molecular complexity index is 860. The number of nitrogens with one attached hydrogen (secondary N) is 1. The molecule has 2 aromatic carbocycles. The fourth-order valence-electron chi connectivity index (χ4n) is 2.87. The van der Waals surface area contributed by atoms with Crippen LogP contribution in [-0.4, -0.2) is 31.0 Å². The lowest BCUT2D eigenvalue weighted by molar-refractivity contribution is -0.125. The summed E-state index contributed by atoms with van der Waals surface area (Å²) in [6.07, 6.45) is 0.952. The van der Waals surface area contributed by atoms with Gasteiger partial charge in [0.1, 0.15) is 5.75 Å². The van der Waals surface area contributed by atoms with Gasteiger partial charge in [-0.2, -0.15) is 0 Å². The third-order valence-corrected chi connectivity index (χ3v) is 4.54. The maximum absolute atomic E-state index is 12.3. The molecule has 1 atom stereocenters. The molecule has 0 aliphatic heterocycles. The summed E-state index contributed by atoms with van der Waals surface area (Å²) in [4.78, 5) is 35.2. The van der Waals surface area contributed by atoms with Gasteiger partial charge in [-0.15, -0.1) is 0 Å². The molecule has 0 spiro atoms. The molecule has 0 aliphatic carbocycles. The Hall–Kier alpha value is -3.35. The van der Waals surface area contributed by atoms with E-state index in [2.05, 4.69) is 12.2 Å². The van der Waals surface area contributed by atoms with E-state index in [4.69, 9.17) is 15.2 Å². The zero-order valence-corrected chi connectivity index (χ0v) is 17.5. The van der Waals surface area contributed by atoms with Crippen molar-refractivity contribution < 1.29 is 23.9 Å². The predicted molar refractivity (Wildman–Crippen MR) is 113 cm³/mol. The average molecular weight is 412 g/mol. The highest BCUT2D eigenvalue weighted by Gasteiger charge is 2.19. The Kier molecular flexibility index (Phi) is 8.41. The molecule has 0 fully saturated rings. The number of benzene rings is 2. The third kappa shape index (κ3) is 6.92. The van der Waals surface area contributed by atoms with Crippen LogP contribution in [0.3, 0.4) is 0 Å². The monoisotopic (exact) mass is 412 g/mol. The standard InChI is InChI=1S/C23H28N2O5/c1-4-16-5-7-17(8-6-16)22(15(2)3)25-21(27)14-30-23(28)18-9-11-19(12-10-18)29-13-20(24)26/h5-12,15,22H,4,13-14H2,1-3H3,(H2,24,26)(H,25,27)/t22-/m1/s1. The minimum absolute atomic E-state index is 0.171. The molecule has 3 N–H and O–H groups in total. The molecule has 30 heavy (non-hydrogen) atoms. The average Bonchev–Trinajstić information content (AvgIpc) is 2.74. The summed E-state index contributed by atoms with van der Waals surface area (Å²) >= 11 is 0. The minimum Gasteiger partial charge on any atom is -0.484 e. The number of hydrogen-bond acceptors (Lipinski definition) is 5. The first-order chi connectivity index (χ1) is 14.3. The van der Waals surface area contributed by atoms with Gasteiger partial charge in [0.05, 0.1) is 11.6 Å². The first-order valence-corrected chi connectivity index (χ1v) is 9.86. The lowest BCUT2D eigenvalue weighted by atomic mass is 9.95. The van der Waals surface area contributed by atoms with E-state index in [9.17, 15) is 14.4 Å². The molecule has 0 aromatic heterocycles. The number of primary amides is 1. The van der Waals surface area contributed by atoms with Crippen molar-refractivity contribution in [3.63, 3.8) is 0 Å².